The fourth-order valence-corrected chi connectivity index (χ4v) is 9.59. The largest absolute Gasteiger partial charge is 0.462 e. The van der Waals surface area contributed by atoms with Crippen LogP contribution in [0.4, 0.5) is 0 Å². The lowest BCUT2D eigenvalue weighted by Crippen LogP contribution is -2.30. The quantitative estimate of drug-likeness (QED) is 0.0261. The molecule has 0 aromatic carbocycles. The highest BCUT2D eigenvalue weighted by Crippen LogP contribution is 2.17. The van der Waals surface area contributed by atoms with E-state index in [4.69, 9.17) is 14.2 Å². The molecular weight excluding hydrogens is 997 g/mol. The standard InChI is InChI=1S/C75H128O6/c1-4-7-10-13-16-19-22-25-28-30-32-33-34-35-36-37-38-39-40-41-43-44-47-50-53-56-59-62-65-68-74(77)80-71-72(70-79-73(76)67-64-61-58-55-52-49-46-27-24-21-18-15-12-9-6-3)81-75(78)69-66-63-60-57-54-51-48-45-42-31-29-26-23-20-17-14-11-8-5-2/h8,11,17-18,20-22,25-27,29-30,32,42,45-46,51,54,72H,4-7,9-10,12-16,19,23-24,28,31,33-41,43-44,47-50,52-53,55-71H2,1-3H3/b11-8-,20-17-,21-18-,25-22-,29-26-,32-30-,45-42-,46-27-,54-51-. The topological polar surface area (TPSA) is 78.9 Å². The highest BCUT2D eigenvalue weighted by molar-refractivity contribution is 5.71. The number of esters is 3. The third-order valence-corrected chi connectivity index (χ3v) is 14.7. The van der Waals surface area contributed by atoms with Gasteiger partial charge in [0.2, 0.25) is 0 Å². The van der Waals surface area contributed by atoms with Crippen LogP contribution in [0.15, 0.2) is 109 Å². The molecule has 464 valence electrons. The van der Waals surface area contributed by atoms with Crippen LogP contribution in [0.1, 0.15) is 329 Å². The first-order valence-corrected chi connectivity index (χ1v) is 34.4. The minimum Gasteiger partial charge on any atom is -0.462 e. The minimum atomic E-state index is -0.804. The van der Waals surface area contributed by atoms with E-state index < -0.39 is 6.10 Å². The van der Waals surface area contributed by atoms with Gasteiger partial charge in [-0.2, -0.15) is 0 Å². The second-order valence-electron chi connectivity index (χ2n) is 22.7. The highest BCUT2D eigenvalue weighted by Gasteiger charge is 2.19. The molecule has 0 heterocycles. The molecule has 0 bridgehead atoms. The molecule has 0 aliphatic carbocycles. The SMILES string of the molecule is CC/C=C\C/C=C\C/C=C\C/C=C\C/C=C\CCCCCC(=O)OC(COC(=O)CCCCCCC/C=C\C/C=C\CCCCC)COC(=O)CCCCCCCCCCCCCCCCCCC/C=C\C/C=C\CCCCCCC. The third kappa shape index (κ3) is 66.8. The summed E-state index contributed by atoms with van der Waals surface area (Å²) in [5, 5.41) is 0. The maximum atomic E-state index is 12.9. The van der Waals surface area contributed by atoms with Crippen LogP contribution >= 0.6 is 0 Å². The lowest BCUT2D eigenvalue weighted by molar-refractivity contribution is -0.167. The molecule has 0 saturated heterocycles. The van der Waals surface area contributed by atoms with E-state index in [2.05, 4.69) is 130 Å². The number of carbonyl (C=O) groups is 3. The average molecular weight is 1130 g/mol. The van der Waals surface area contributed by atoms with Gasteiger partial charge in [-0.3, -0.25) is 14.4 Å². The van der Waals surface area contributed by atoms with Crippen LogP contribution in [0.5, 0.6) is 0 Å². The van der Waals surface area contributed by atoms with E-state index in [1.165, 1.54) is 161 Å². The lowest BCUT2D eigenvalue weighted by Gasteiger charge is -2.18. The summed E-state index contributed by atoms with van der Waals surface area (Å²) in [6.45, 7) is 6.48. The summed E-state index contributed by atoms with van der Waals surface area (Å²) in [6, 6.07) is 0. The Labute approximate surface area is 501 Å². The lowest BCUT2D eigenvalue weighted by atomic mass is 10.0. The van der Waals surface area contributed by atoms with Gasteiger partial charge in [-0.1, -0.05) is 291 Å². The van der Waals surface area contributed by atoms with Crippen LogP contribution in [0.3, 0.4) is 0 Å². The molecule has 6 heteroatoms. The van der Waals surface area contributed by atoms with Gasteiger partial charge in [0.25, 0.3) is 0 Å². The van der Waals surface area contributed by atoms with Crippen molar-refractivity contribution < 1.29 is 28.6 Å². The molecule has 1 unspecified atom stereocenters. The Morgan fingerprint density at radius 2 is 0.481 bits per heavy atom. The minimum absolute atomic E-state index is 0.0953. The molecule has 0 spiro atoms. The summed E-state index contributed by atoms with van der Waals surface area (Å²) in [5.74, 6) is -0.932. The van der Waals surface area contributed by atoms with E-state index in [0.717, 1.165) is 128 Å². The molecule has 6 nitrogen and oxygen atoms in total. The van der Waals surface area contributed by atoms with Crippen LogP contribution in [0.2, 0.25) is 0 Å². The van der Waals surface area contributed by atoms with Gasteiger partial charge < -0.3 is 14.2 Å². The molecule has 1 atom stereocenters. The molecule has 81 heavy (non-hydrogen) atoms. The number of rotatable bonds is 62. The molecule has 0 aromatic rings. The van der Waals surface area contributed by atoms with Crippen molar-refractivity contribution >= 4 is 17.9 Å². The maximum absolute atomic E-state index is 12.9. The van der Waals surface area contributed by atoms with Gasteiger partial charge in [-0.05, 0) is 128 Å². The summed E-state index contributed by atoms with van der Waals surface area (Å²) >= 11 is 0. The van der Waals surface area contributed by atoms with Gasteiger partial charge in [-0.25, -0.2) is 0 Å². The summed E-state index contributed by atoms with van der Waals surface area (Å²) in [6.07, 6.45) is 94.0. The van der Waals surface area contributed by atoms with E-state index in [1.54, 1.807) is 0 Å². The van der Waals surface area contributed by atoms with E-state index in [0.29, 0.717) is 12.8 Å². The fraction of sp³-hybridized carbons (Fsp3) is 0.720. The number of hydrogen-bond acceptors (Lipinski definition) is 6. The Bertz CT molecular complexity index is 1620. The molecular formula is C75H128O6. The summed E-state index contributed by atoms with van der Waals surface area (Å²) in [7, 11) is 0. The Morgan fingerprint density at radius 1 is 0.259 bits per heavy atom. The van der Waals surface area contributed by atoms with Crippen molar-refractivity contribution in [3.63, 3.8) is 0 Å². The smallest absolute Gasteiger partial charge is 0.306 e. The Morgan fingerprint density at radius 3 is 0.790 bits per heavy atom. The van der Waals surface area contributed by atoms with Crippen LogP contribution in [-0.4, -0.2) is 37.2 Å². The first-order valence-electron chi connectivity index (χ1n) is 34.4. The van der Waals surface area contributed by atoms with Crippen molar-refractivity contribution in [2.24, 2.45) is 0 Å². The first-order chi connectivity index (χ1) is 40.0. The molecule has 0 N–H and O–H groups in total. The predicted molar refractivity (Wildman–Crippen MR) is 353 cm³/mol. The first kappa shape index (κ1) is 77.1. The second-order valence-corrected chi connectivity index (χ2v) is 22.7. The highest BCUT2D eigenvalue weighted by atomic mass is 16.6. The van der Waals surface area contributed by atoms with Crippen molar-refractivity contribution in [1.29, 1.82) is 0 Å². The monoisotopic (exact) mass is 1120 g/mol. The number of ether oxygens (including phenoxy) is 3. The Kier molecular flexibility index (Phi) is 65.2. The van der Waals surface area contributed by atoms with E-state index >= 15 is 0 Å². The molecule has 0 fully saturated rings. The molecule has 0 rings (SSSR count). The van der Waals surface area contributed by atoms with Crippen LogP contribution < -0.4 is 0 Å². The third-order valence-electron chi connectivity index (χ3n) is 14.7. The van der Waals surface area contributed by atoms with Gasteiger partial charge in [0.1, 0.15) is 13.2 Å². The number of hydrogen-bond donors (Lipinski definition) is 0. The molecule has 0 aliphatic rings. The maximum Gasteiger partial charge on any atom is 0.306 e. The fourth-order valence-electron chi connectivity index (χ4n) is 9.59. The average Bonchev–Trinajstić information content (AvgIpc) is 3.47. The predicted octanol–water partition coefficient (Wildman–Crippen LogP) is 23.8. The van der Waals surface area contributed by atoms with Gasteiger partial charge in [0.05, 0.1) is 0 Å². The number of allylic oxidation sites excluding steroid dienone is 18. The molecule has 0 saturated carbocycles. The molecule has 0 amide bonds. The van der Waals surface area contributed by atoms with E-state index in [1.807, 2.05) is 0 Å². The van der Waals surface area contributed by atoms with Crippen LogP contribution in [0.25, 0.3) is 0 Å². The normalized spacial score (nSPS) is 12.8. The summed E-state index contributed by atoms with van der Waals surface area (Å²) < 4.78 is 16.9. The summed E-state index contributed by atoms with van der Waals surface area (Å²) in [4.78, 5) is 38.4. The van der Waals surface area contributed by atoms with Crippen LogP contribution in [0, 0.1) is 0 Å². The van der Waals surface area contributed by atoms with Gasteiger partial charge in [0.15, 0.2) is 6.10 Å². The van der Waals surface area contributed by atoms with E-state index in [9.17, 15) is 14.4 Å². The van der Waals surface area contributed by atoms with Crippen molar-refractivity contribution in [1.82, 2.24) is 0 Å². The second kappa shape index (κ2) is 68.6. The molecule has 0 aromatic heterocycles. The van der Waals surface area contributed by atoms with E-state index in [-0.39, 0.29) is 37.5 Å². The zero-order valence-corrected chi connectivity index (χ0v) is 53.3. The van der Waals surface area contributed by atoms with Gasteiger partial charge in [0, 0.05) is 19.3 Å². The van der Waals surface area contributed by atoms with Crippen LogP contribution in [-0.2, 0) is 28.6 Å². The Hall–Kier alpha value is -3.93. The van der Waals surface area contributed by atoms with Gasteiger partial charge >= 0.3 is 17.9 Å². The van der Waals surface area contributed by atoms with Crippen molar-refractivity contribution in [2.75, 3.05) is 13.2 Å². The van der Waals surface area contributed by atoms with Crippen molar-refractivity contribution in [2.45, 2.75) is 335 Å². The Balaban J connectivity index is 4.32. The zero-order chi connectivity index (χ0) is 58.5. The van der Waals surface area contributed by atoms with Crippen molar-refractivity contribution in [3.05, 3.63) is 109 Å². The molecule has 0 aliphatic heterocycles. The number of unbranched alkanes of at least 4 members (excludes halogenated alkanes) is 33. The summed E-state index contributed by atoms with van der Waals surface area (Å²) in [5.41, 5.74) is 0. The van der Waals surface area contributed by atoms with Gasteiger partial charge in [-0.15, -0.1) is 0 Å². The number of carbonyl (C=O) groups excluding carboxylic acids is 3. The van der Waals surface area contributed by atoms with Crippen molar-refractivity contribution in [3.8, 4) is 0 Å². The zero-order valence-electron chi connectivity index (χ0n) is 53.3. The molecule has 0 radical (unpaired) electrons.